The Bertz CT molecular complexity index is 338. The van der Waals surface area contributed by atoms with Crippen LogP contribution >= 0.6 is 30.0 Å². The Morgan fingerprint density at radius 1 is 1.33 bits per heavy atom. The second-order valence-electron chi connectivity index (χ2n) is 3.17. The minimum absolute atomic E-state index is 0.155. The molecule has 15 heavy (non-hydrogen) atoms. The van der Waals surface area contributed by atoms with Gasteiger partial charge in [-0.3, -0.25) is 4.79 Å². The maximum atomic E-state index is 11.0. The molecule has 0 bridgehead atoms. The van der Waals surface area contributed by atoms with Gasteiger partial charge < -0.3 is 0 Å². The summed E-state index contributed by atoms with van der Waals surface area (Å²) in [7, 11) is -1.78. The number of halogens is 2. The Hall–Kier alpha value is -0.430. The molecule has 0 fully saturated rings. The Balaban J connectivity index is 2.81. The van der Waals surface area contributed by atoms with E-state index in [1.807, 2.05) is 30.3 Å². The van der Waals surface area contributed by atoms with Crippen molar-refractivity contribution in [1.29, 1.82) is 0 Å². The Labute approximate surface area is 99.2 Å². The van der Waals surface area contributed by atoms with E-state index in [1.165, 1.54) is 0 Å². The lowest BCUT2D eigenvalue weighted by Gasteiger charge is -2.08. The molecule has 0 heterocycles. The summed E-state index contributed by atoms with van der Waals surface area (Å²) in [5.74, 6) is -0.155. The number of benzene rings is 1. The molecule has 0 N–H and O–H groups in total. The van der Waals surface area contributed by atoms with Crippen LogP contribution in [-0.4, -0.2) is 11.4 Å². The van der Waals surface area contributed by atoms with Gasteiger partial charge in [0.1, 0.15) is 0 Å². The monoisotopic (exact) mass is 263 g/mol. The summed E-state index contributed by atoms with van der Waals surface area (Å²) in [5.41, 5.74) is 0.940. The summed E-state index contributed by atoms with van der Waals surface area (Å²) in [5, 5.41) is -0.433. The first-order valence-corrected chi connectivity index (χ1v) is 7.16. The van der Waals surface area contributed by atoms with Crippen LogP contribution in [0.15, 0.2) is 30.3 Å². The lowest BCUT2D eigenvalue weighted by atomic mass is 9.98. The van der Waals surface area contributed by atoms with Crippen LogP contribution in [0.25, 0.3) is 0 Å². The van der Waals surface area contributed by atoms with Gasteiger partial charge in [0.05, 0.1) is 0 Å². The topological polar surface area (TPSA) is 34.1 Å². The van der Waals surface area contributed by atoms with Crippen LogP contribution in [-0.2, 0) is 9.36 Å². The molecule has 2 unspecified atom stereocenters. The normalized spacial score (nSPS) is 13.3. The summed E-state index contributed by atoms with van der Waals surface area (Å²) in [4.78, 5) is 10.8. The van der Waals surface area contributed by atoms with Crippen molar-refractivity contribution < 1.29 is 9.36 Å². The molecule has 0 saturated heterocycles. The third-order valence-corrected chi connectivity index (χ3v) is 3.34. The minimum Gasteiger partial charge on any atom is -0.281 e. The summed E-state index contributed by atoms with van der Waals surface area (Å²) < 4.78 is 11.0. The minimum atomic E-state index is -1.78. The smallest absolute Gasteiger partial charge is 0.281 e. The molecule has 2 nitrogen and oxygen atoms in total. The number of carbonyl (C=O) groups is 1. The molecule has 1 aromatic rings. The first-order chi connectivity index (χ1) is 7.09. The average molecular weight is 264 g/mol. The van der Waals surface area contributed by atoms with Crippen LogP contribution in [0.2, 0.25) is 0 Å². The van der Waals surface area contributed by atoms with E-state index in [9.17, 15) is 9.36 Å². The Kier molecular flexibility index (Phi) is 5.24. The first kappa shape index (κ1) is 12.6. The zero-order valence-corrected chi connectivity index (χ0v) is 10.3. The highest BCUT2D eigenvalue weighted by Crippen LogP contribution is 2.35. The average Bonchev–Trinajstić information content (AvgIpc) is 2.17. The molecule has 0 saturated carbocycles. The highest BCUT2D eigenvalue weighted by molar-refractivity contribution is 7.73. The number of hydrogen-bond acceptors (Lipinski definition) is 2. The van der Waals surface area contributed by atoms with E-state index in [4.69, 9.17) is 22.8 Å². The van der Waals surface area contributed by atoms with Crippen LogP contribution < -0.4 is 0 Å². The SMILES string of the molecule is O=C(Cl)CC(C[P+](=O)Cl)c1ccccc1. The van der Waals surface area contributed by atoms with E-state index in [0.717, 1.165) is 5.56 Å². The molecule has 0 aliphatic rings. The fourth-order valence-electron chi connectivity index (χ4n) is 1.38. The second kappa shape index (κ2) is 6.22. The zero-order chi connectivity index (χ0) is 11.3. The second-order valence-corrected chi connectivity index (χ2v) is 5.72. The van der Waals surface area contributed by atoms with E-state index >= 15 is 0 Å². The van der Waals surface area contributed by atoms with Crippen molar-refractivity contribution in [3.05, 3.63) is 35.9 Å². The third kappa shape index (κ3) is 4.74. The first-order valence-electron chi connectivity index (χ1n) is 4.43. The fraction of sp³-hybridized carbons (Fsp3) is 0.300. The van der Waals surface area contributed by atoms with Gasteiger partial charge in [-0.15, -0.1) is 0 Å². The van der Waals surface area contributed by atoms with Gasteiger partial charge in [0.2, 0.25) is 16.5 Å². The van der Waals surface area contributed by atoms with Gasteiger partial charge in [0.25, 0.3) is 0 Å². The van der Waals surface area contributed by atoms with Crippen molar-refractivity contribution in [2.75, 3.05) is 6.16 Å². The Morgan fingerprint density at radius 3 is 2.40 bits per heavy atom. The van der Waals surface area contributed by atoms with Crippen molar-refractivity contribution in [1.82, 2.24) is 0 Å². The summed E-state index contributed by atoms with van der Waals surface area (Å²) in [6.45, 7) is 0. The van der Waals surface area contributed by atoms with Crippen molar-refractivity contribution in [2.45, 2.75) is 12.3 Å². The predicted octanol–water partition coefficient (Wildman–Crippen LogP) is 3.91. The van der Waals surface area contributed by atoms with E-state index in [0.29, 0.717) is 0 Å². The van der Waals surface area contributed by atoms with Crippen LogP contribution in [0, 0.1) is 0 Å². The molecule has 1 aromatic carbocycles. The van der Waals surface area contributed by atoms with E-state index < -0.39 is 12.4 Å². The highest BCUT2D eigenvalue weighted by Gasteiger charge is 2.24. The number of hydrogen-bond donors (Lipinski definition) is 0. The Morgan fingerprint density at radius 2 is 1.93 bits per heavy atom. The van der Waals surface area contributed by atoms with Gasteiger partial charge >= 0.3 is 7.15 Å². The van der Waals surface area contributed by atoms with Crippen molar-refractivity contribution >= 4 is 35.2 Å². The van der Waals surface area contributed by atoms with E-state index in [1.54, 1.807) is 0 Å². The molecule has 0 aliphatic heterocycles. The lowest BCUT2D eigenvalue weighted by Crippen LogP contribution is -2.05. The maximum absolute atomic E-state index is 11.0. The molecule has 0 amide bonds. The molecular weight excluding hydrogens is 254 g/mol. The van der Waals surface area contributed by atoms with Gasteiger partial charge in [0.15, 0.2) is 6.16 Å². The van der Waals surface area contributed by atoms with Crippen molar-refractivity contribution in [3.8, 4) is 0 Å². The number of carbonyl (C=O) groups excluding carboxylic acids is 1. The third-order valence-electron chi connectivity index (χ3n) is 2.04. The molecular formula is C10H10Cl2O2P+. The van der Waals surface area contributed by atoms with E-state index in [-0.39, 0.29) is 18.5 Å². The van der Waals surface area contributed by atoms with Crippen molar-refractivity contribution in [3.63, 3.8) is 0 Å². The van der Waals surface area contributed by atoms with Crippen molar-refractivity contribution in [2.24, 2.45) is 0 Å². The van der Waals surface area contributed by atoms with Gasteiger partial charge in [-0.1, -0.05) is 34.9 Å². The quantitative estimate of drug-likeness (QED) is 0.596. The van der Waals surface area contributed by atoms with Crippen LogP contribution in [0.5, 0.6) is 0 Å². The molecule has 0 aromatic heterocycles. The molecule has 5 heteroatoms. The summed E-state index contributed by atoms with van der Waals surface area (Å²) in [6.07, 6.45) is 0.443. The van der Waals surface area contributed by atoms with Crippen LogP contribution in [0.1, 0.15) is 17.9 Å². The summed E-state index contributed by atoms with van der Waals surface area (Å²) >= 11 is 10.8. The van der Waals surface area contributed by atoms with Gasteiger partial charge in [-0.25, -0.2) is 0 Å². The molecule has 0 radical (unpaired) electrons. The number of rotatable bonds is 5. The highest BCUT2D eigenvalue weighted by atomic mass is 35.7. The largest absolute Gasteiger partial charge is 0.455 e. The molecule has 1 rings (SSSR count). The molecule has 2 atom stereocenters. The van der Waals surface area contributed by atoms with Crippen LogP contribution in [0.4, 0.5) is 0 Å². The predicted molar refractivity (Wildman–Crippen MR) is 63.0 cm³/mol. The zero-order valence-electron chi connectivity index (χ0n) is 7.90. The van der Waals surface area contributed by atoms with Gasteiger partial charge in [-0.2, -0.15) is 0 Å². The standard InChI is InChI=1S/C10H10Cl2O2P/c11-10(13)6-9(7-15(12)14)8-4-2-1-3-5-8/h1-5,9H,6-7H2/q+1. The lowest BCUT2D eigenvalue weighted by molar-refractivity contribution is -0.111. The molecule has 80 valence electrons. The summed E-state index contributed by atoms with van der Waals surface area (Å²) in [6, 6.07) is 9.36. The van der Waals surface area contributed by atoms with Crippen LogP contribution in [0.3, 0.4) is 0 Å². The molecule has 0 spiro atoms. The van der Waals surface area contributed by atoms with Gasteiger partial charge in [-0.05, 0) is 17.2 Å². The fourth-order valence-corrected chi connectivity index (χ4v) is 2.75. The molecule has 0 aliphatic carbocycles. The maximum Gasteiger partial charge on any atom is 0.455 e. The van der Waals surface area contributed by atoms with E-state index in [2.05, 4.69) is 0 Å². The van der Waals surface area contributed by atoms with Gasteiger partial charge in [0, 0.05) is 12.3 Å².